The minimum Gasteiger partial charge on any atom is -0.348 e. The Hall–Kier alpha value is -2.08. The number of aryl methyl sites for hydroxylation is 3. The number of benzene rings is 2. The Morgan fingerprint density at radius 1 is 0.677 bits per heavy atom. The summed E-state index contributed by atoms with van der Waals surface area (Å²) in [6, 6.07) is 4.65. The number of hydrogen-bond acceptors (Lipinski definition) is 2. The van der Waals surface area contributed by atoms with Gasteiger partial charge in [0, 0.05) is 24.0 Å². The van der Waals surface area contributed by atoms with Crippen molar-refractivity contribution in [1.29, 1.82) is 0 Å². The molecule has 2 aliphatic rings. The van der Waals surface area contributed by atoms with Gasteiger partial charge < -0.3 is 9.47 Å². The van der Waals surface area contributed by atoms with Crippen LogP contribution in [0.3, 0.4) is 0 Å². The summed E-state index contributed by atoms with van der Waals surface area (Å²) in [5.41, 5.74) is 13.1. The minimum atomic E-state index is -0.290. The lowest BCUT2D eigenvalue weighted by Crippen LogP contribution is -2.34. The molecule has 0 aromatic heterocycles. The van der Waals surface area contributed by atoms with E-state index in [4.69, 9.17) is 9.47 Å². The minimum absolute atomic E-state index is 0.290. The highest BCUT2D eigenvalue weighted by Crippen LogP contribution is 2.43. The van der Waals surface area contributed by atoms with Crippen LogP contribution in [-0.2, 0) is 9.47 Å². The molecule has 0 atom stereocenters. The quantitative estimate of drug-likeness (QED) is 0.485. The van der Waals surface area contributed by atoms with E-state index in [-0.39, 0.29) is 5.79 Å². The maximum Gasteiger partial charge on any atom is 0.168 e. The van der Waals surface area contributed by atoms with Crippen molar-refractivity contribution in [3.8, 4) is 11.8 Å². The zero-order valence-corrected chi connectivity index (χ0v) is 20.3. The van der Waals surface area contributed by atoms with Crippen molar-refractivity contribution in [1.82, 2.24) is 0 Å². The van der Waals surface area contributed by atoms with Gasteiger partial charge in [0.25, 0.3) is 0 Å². The Kier molecular flexibility index (Phi) is 6.03. The second kappa shape index (κ2) is 8.45. The van der Waals surface area contributed by atoms with Crippen LogP contribution in [0.5, 0.6) is 0 Å². The molecule has 1 spiro atoms. The average Bonchev–Trinajstić information content (AvgIpc) is 3.19. The normalized spacial score (nSPS) is 18.3. The van der Waals surface area contributed by atoms with Crippen molar-refractivity contribution in [2.24, 2.45) is 0 Å². The highest BCUT2D eigenvalue weighted by molar-refractivity contribution is 5.58. The molecule has 31 heavy (non-hydrogen) atoms. The first-order valence-electron chi connectivity index (χ1n) is 11.7. The molecule has 2 aromatic carbocycles. The average molecular weight is 417 g/mol. The molecule has 2 aromatic rings. The summed E-state index contributed by atoms with van der Waals surface area (Å²) in [5.74, 6) is 7.37. The lowest BCUT2D eigenvalue weighted by molar-refractivity contribution is -0.178. The molecule has 1 aliphatic carbocycles. The first-order valence-corrected chi connectivity index (χ1v) is 11.7. The van der Waals surface area contributed by atoms with Gasteiger partial charge in [-0.2, -0.15) is 0 Å². The van der Waals surface area contributed by atoms with E-state index >= 15 is 0 Å². The van der Waals surface area contributed by atoms with Gasteiger partial charge in [0.2, 0.25) is 0 Å². The summed E-state index contributed by atoms with van der Waals surface area (Å²) in [5, 5.41) is 0. The van der Waals surface area contributed by atoms with Crippen LogP contribution in [0.1, 0.15) is 87.2 Å². The van der Waals surface area contributed by atoms with Crippen molar-refractivity contribution < 1.29 is 9.47 Å². The second-order valence-electron chi connectivity index (χ2n) is 9.67. The molecule has 0 radical (unpaired) electrons. The molecule has 1 saturated heterocycles. The fraction of sp³-hybridized carbons (Fsp3) is 0.517. The first-order chi connectivity index (χ1) is 14.7. The number of ether oxygens (including phenoxy) is 2. The second-order valence-corrected chi connectivity index (χ2v) is 9.67. The Labute approximate surface area is 188 Å². The third kappa shape index (κ3) is 4.07. The van der Waals surface area contributed by atoms with Gasteiger partial charge in [0.15, 0.2) is 5.79 Å². The van der Waals surface area contributed by atoms with Gasteiger partial charge in [-0.05, 0) is 112 Å². The van der Waals surface area contributed by atoms with Gasteiger partial charge in [-0.3, -0.25) is 0 Å². The largest absolute Gasteiger partial charge is 0.348 e. The molecule has 2 fully saturated rings. The van der Waals surface area contributed by atoms with Gasteiger partial charge in [-0.25, -0.2) is 0 Å². The standard InChI is InChI=1S/C29H36O2/c1-18-16-19(2)26(22(5)21(18)4)8-9-27-20(3)17-28(24(7)23(27)6)25-10-12-29(13-11-25)30-14-15-31-29/h16-17,25H,10-15H2,1-7H3. The Bertz CT molecular complexity index is 1060. The van der Waals surface area contributed by atoms with Crippen molar-refractivity contribution in [2.75, 3.05) is 13.2 Å². The van der Waals surface area contributed by atoms with Crippen LogP contribution in [0.2, 0.25) is 0 Å². The van der Waals surface area contributed by atoms with E-state index in [0.29, 0.717) is 5.92 Å². The van der Waals surface area contributed by atoms with Gasteiger partial charge >= 0.3 is 0 Å². The third-order valence-corrected chi connectivity index (χ3v) is 7.81. The van der Waals surface area contributed by atoms with E-state index in [2.05, 4.69) is 72.4 Å². The molecule has 2 nitrogen and oxygen atoms in total. The van der Waals surface area contributed by atoms with Crippen LogP contribution in [0.15, 0.2) is 12.1 Å². The van der Waals surface area contributed by atoms with E-state index in [0.717, 1.165) is 38.9 Å². The summed E-state index contributed by atoms with van der Waals surface area (Å²) in [7, 11) is 0. The summed E-state index contributed by atoms with van der Waals surface area (Å²) < 4.78 is 11.9. The summed E-state index contributed by atoms with van der Waals surface area (Å²) in [6.45, 7) is 17.0. The SMILES string of the molecule is Cc1cc(C)c(C#Cc2c(C)cc(C3CCC4(CC3)OCCO4)c(C)c2C)c(C)c1C. The molecule has 0 bridgehead atoms. The van der Waals surface area contributed by atoms with E-state index in [1.54, 1.807) is 0 Å². The van der Waals surface area contributed by atoms with Crippen molar-refractivity contribution >= 4 is 0 Å². The van der Waals surface area contributed by atoms with Gasteiger partial charge in [0.05, 0.1) is 13.2 Å². The van der Waals surface area contributed by atoms with Crippen LogP contribution >= 0.6 is 0 Å². The topological polar surface area (TPSA) is 18.5 Å². The summed E-state index contributed by atoms with van der Waals surface area (Å²) in [6.07, 6.45) is 4.27. The van der Waals surface area contributed by atoms with Crippen LogP contribution in [0, 0.1) is 60.3 Å². The molecule has 2 heteroatoms. The molecule has 0 amide bonds. The molecule has 4 rings (SSSR count). The highest BCUT2D eigenvalue weighted by atomic mass is 16.7. The van der Waals surface area contributed by atoms with Crippen LogP contribution in [0.25, 0.3) is 0 Å². The van der Waals surface area contributed by atoms with Crippen LogP contribution < -0.4 is 0 Å². The molecule has 1 heterocycles. The Balaban J connectivity index is 1.64. The van der Waals surface area contributed by atoms with Gasteiger partial charge in [-0.15, -0.1) is 0 Å². The Morgan fingerprint density at radius 3 is 1.77 bits per heavy atom. The fourth-order valence-corrected chi connectivity index (χ4v) is 5.49. The third-order valence-electron chi connectivity index (χ3n) is 7.81. The zero-order valence-electron chi connectivity index (χ0n) is 20.3. The lowest BCUT2D eigenvalue weighted by Gasteiger charge is -2.36. The van der Waals surface area contributed by atoms with Gasteiger partial charge in [-0.1, -0.05) is 24.0 Å². The molecule has 1 saturated carbocycles. The molecular formula is C29H36O2. The monoisotopic (exact) mass is 416 g/mol. The first kappa shape index (κ1) is 22.1. The summed E-state index contributed by atoms with van der Waals surface area (Å²) >= 11 is 0. The predicted octanol–water partition coefficient (Wildman–Crippen LogP) is 6.65. The molecule has 0 unspecified atom stereocenters. The highest BCUT2D eigenvalue weighted by Gasteiger charge is 2.40. The molecule has 0 N–H and O–H groups in total. The van der Waals surface area contributed by atoms with Crippen molar-refractivity contribution in [2.45, 2.75) is 85.9 Å². The molecule has 164 valence electrons. The number of hydrogen-bond donors (Lipinski definition) is 0. The molecule has 1 aliphatic heterocycles. The van der Waals surface area contributed by atoms with E-state index < -0.39 is 0 Å². The maximum atomic E-state index is 5.93. The van der Waals surface area contributed by atoms with Crippen LogP contribution in [0.4, 0.5) is 0 Å². The predicted molar refractivity (Wildman–Crippen MR) is 128 cm³/mol. The maximum absolute atomic E-state index is 5.93. The Morgan fingerprint density at radius 2 is 1.19 bits per heavy atom. The van der Waals surface area contributed by atoms with Crippen molar-refractivity contribution in [3.63, 3.8) is 0 Å². The number of rotatable bonds is 1. The van der Waals surface area contributed by atoms with E-state index in [1.807, 2.05) is 0 Å². The van der Waals surface area contributed by atoms with Crippen molar-refractivity contribution in [3.05, 3.63) is 67.8 Å². The van der Waals surface area contributed by atoms with E-state index in [1.165, 1.54) is 55.6 Å². The van der Waals surface area contributed by atoms with Gasteiger partial charge in [0.1, 0.15) is 0 Å². The smallest absolute Gasteiger partial charge is 0.168 e. The lowest BCUT2D eigenvalue weighted by atomic mass is 9.77. The zero-order chi connectivity index (χ0) is 22.3. The molecular weight excluding hydrogens is 380 g/mol. The fourth-order valence-electron chi connectivity index (χ4n) is 5.49. The van der Waals surface area contributed by atoms with Crippen LogP contribution in [-0.4, -0.2) is 19.0 Å². The van der Waals surface area contributed by atoms with E-state index in [9.17, 15) is 0 Å². The summed E-state index contributed by atoms with van der Waals surface area (Å²) in [4.78, 5) is 0.